The maximum absolute atomic E-state index is 11.6. The second-order valence-corrected chi connectivity index (χ2v) is 5.77. The number of esters is 1. The van der Waals surface area contributed by atoms with E-state index in [1.54, 1.807) is 32.3 Å². The highest BCUT2D eigenvalue weighted by Gasteiger charge is 2.21. The van der Waals surface area contributed by atoms with Crippen molar-refractivity contribution in [2.45, 2.75) is 16.7 Å². The molecule has 0 aliphatic rings. The molecule has 23 heavy (non-hydrogen) atoms. The molecule has 0 fully saturated rings. The van der Waals surface area contributed by atoms with Crippen molar-refractivity contribution >= 4 is 35.2 Å². The molecule has 0 aliphatic carbocycles. The van der Waals surface area contributed by atoms with E-state index >= 15 is 0 Å². The SMILES string of the molecule is CCOC(=O)C(=NO)Oc1c(Sc2ccc(Cl)cc2)cnn1C. The average molecular weight is 356 g/mol. The molecule has 0 spiro atoms. The van der Waals surface area contributed by atoms with E-state index in [4.69, 9.17) is 26.3 Å². The van der Waals surface area contributed by atoms with Gasteiger partial charge < -0.3 is 14.7 Å². The lowest BCUT2D eigenvalue weighted by molar-refractivity contribution is -0.136. The molecule has 0 saturated carbocycles. The van der Waals surface area contributed by atoms with Crippen molar-refractivity contribution in [2.24, 2.45) is 12.2 Å². The number of nitrogens with zero attached hydrogens (tertiary/aromatic N) is 3. The number of ether oxygens (including phenoxy) is 2. The molecule has 0 unspecified atom stereocenters. The van der Waals surface area contributed by atoms with Gasteiger partial charge in [-0.1, -0.05) is 23.4 Å². The van der Waals surface area contributed by atoms with Crippen LogP contribution in [-0.4, -0.2) is 33.5 Å². The zero-order chi connectivity index (χ0) is 16.8. The summed E-state index contributed by atoms with van der Waals surface area (Å²) in [5, 5.41) is 16.5. The third-order valence-corrected chi connectivity index (χ3v) is 3.89. The lowest BCUT2D eigenvalue weighted by Crippen LogP contribution is -2.24. The Morgan fingerprint density at radius 3 is 2.74 bits per heavy atom. The topological polar surface area (TPSA) is 85.9 Å². The Bertz CT molecular complexity index is 715. The summed E-state index contributed by atoms with van der Waals surface area (Å²) >= 11 is 7.22. The van der Waals surface area contributed by atoms with E-state index in [0.29, 0.717) is 9.92 Å². The summed E-state index contributed by atoms with van der Waals surface area (Å²) in [4.78, 5) is 13.2. The Morgan fingerprint density at radius 2 is 2.13 bits per heavy atom. The van der Waals surface area contributed by atoms with Gasteiger partial charge in [0.05, 0.1) is 17.7 Å². The molecule has 1 aromatic carbocycles. The predicted octanol–water partition coefficient (Wildman–Crippen LogP) is 2.95. The Balaban J connectivity index is 2.21. The maximum Gasteiger partial charge on any atom is 0.397 e. The smallest absolute Gasteiger partial charge is 0.397 e. The fraction of sp³-hybridized carbons (Fsp3) is 0.214. The number of halogens is 1. The largest absolute Gasteiger partial charge is 0.459 e. The van der Waals surface area contributed by atoms with Crippen LogP contribution in [-0.2, 0) is 16.6 Å². The lowest BCUT2D eigenvalue weighted by Gasteiger charge is -2.08. The standard InChI is InChI=1S/C14H14ClN3O4S/c1-3-21-14(19)12(17-20)22-13-11(8-16-18(13)2)23-10-6-4-9(15)5-7-10/h4-8,20H,3H2,1-2H3. The van der Waals surface area contributed by atoms with Crippen LogP contribution in [0.1, 0.15) is 6.92 Å². The molecule has 0 amide bonds. The van der Waals surface area contributed by atoms with Gasteiger partial charge in [0, 0.05) is 17.0 Å². The summed E-state index contributed by atoms with van der Waals surface area (Å²) in [6, 6.07) is 7.21. The molecular formula is C14H14ClN3O4S. The molecule has 9 heteroatoms. The summed E-state index contributed by atoms with van der Waals surface area (Å²) in [6.07, 6.45) is 1.58. The van der Waals surface area contributed by atoms with Gasteiger partial charge in [0.25, 0.3) is 0 Å². The van der Waals surface area contributed by atoms with E-state index in [1.165, 1.54) is 16.4 Å². The second kappa shape index (κ2) is 7.89. The Morgan fingerprint density at radius 1 is 1.43 bits per heavy atom. The normalized spacial score (nSPS) is 11.3. The van der Waals surface area contributed by atoms with Crippen LogP contribution < -0.4 is 4.74 Å². The predicted molar refractivity (Wildman–Crippen MR) is 85.3 cm³/mol. The van der Waals surface area contributed by atoms with Gasteiger partial charge in [-0.15, -0.1) is 0 Å². The molecule has 1 N–H and O–H groups in total. The van der Waals surface area contributed by atoms with Gasteiger partial charge in [-0.25, -0.2) is 9.48 Å². The Labute approximate surface area is 141 Å². The fourth-order valence-corrected chi connectivity index (χ4v) is 2.62. The first-order chi connectivity index (χ1) is 11.0. The van der Waals surface area contributed by atoms with E-state index in [-0.39, 0.29) is 12.5 Å². The van der Waals surface area contributed by atoms with Crippen molar-refractivity contribution in [1.29, 1.82) is 0 Å². The first-order valence-corrected chi connectivity index (χ1v) is 7.77. The molecule has 0 bridgehead atoms. The van der Waals surface area contributed by atoms with E-state index < -0.39 is 11.9 Å². The van der Waals surface area contributed by atoms with Crippen LogP contribution in [0.4, 0.5) is 0 Å². The van der Waals surface area contributed by atoms with Gasteiger partial charge in [0.2, 0.25) is 5.88 Å². The minimum atomic E-state index is -0.862. The van der Waals surface area contributed by atoms with Crippen LogP contribution in [0.25, 0.3) is 0 Å². The van der Waals surface area contributed by atoms with Crippen molar-refractivity contribution in [3.63, 3.8) is 0 Å². The third-order valence-electron chi connectivity index (χ3n) is 2.63. The van der Waals surface area contributed by atoms with Crippen LogP contribution in [0.15, 0.2) is 45.4 Å². The van der Waals surface area contributed by atoms with Crippen molar-refractivity contribution in [2.75, 3.05) is 6.61 Å². The number of carbonyl (C=O) groups is 1. The highest BCUT2D eigenvalue weighted by molar-refractivity contribution is 7.99. The highest BCUT2D eigenvalue weighted by Crippen LogP contribution is 2.35. The van der Waals surface area contributed by atoms with Crippen molar-refractivity contribution in [1.82, 2.24) is 9.78 Å². The average Bonchev–Trinajstić information content (AvgIpc) is 2.87. The molecule has 1 aromatic heterocycles. The summed E-state index contributed by atoms with van der Waals surface area (Å²) < 4.78 is 11.5. The van der Waals surface area contributed by atoms with E-state index in [1.807, 2.05) is 12.1 Å². The number of rotatable bonds is 4. The van der Waals surface area contributed by atoms with Crippen LogP contribution in [0.2, 0.25) is 5.02 Å². The van der Waals surface area contributed by atoms with Crippen molar-refractivity contribution < 1.29 is 19.5 Å². The first-order valence-electron chi connectivity index (χ1n) is 6.57. The Hall–Kier alpha value is -2.19. The summed E-state index contributed by atoms with van der Waals surface area (Å²) in [7, 11) is 1.64. The Kier molecular flexibility index (Phi) is 5.89. The first kappa shape index (κ1) is 17.2. The van der Waals surface area contributed by atoms with E-state index in [0.717, 1.165) is 4.90 Å². The number of aryl methyl sites for hydroxylation is 1. The van der Waals surface area contributed by atoms with Gasteiger partial charge in [-0.05, 0) is 36.3 Å². The monoisotopic (exact) mass is 355 g/mol. The minimum absolute atomic E-state index is 0.138. The lowest BCUT2D eigenvalue weighted by atomic mass is 10.4. The molecule has 2 aromatic rings. The molecule has 0 radical (unpaired) electrons. The number of oxime groups is 1. The molecule has 0 atom stereocenters. The van der Waals surface area contributed by atoms with E-state index in [9.17, 15) is 4.79 Å². The van der Waals surface area contributed by atoms with Crippen LogP contribution >= 0.6 is 23.4 Å². The van der Waals surface area contributed by atoms with Gasteiger partial charge in [-0.2, -0.15) is 5.10 Å². The number of carbonyl (C=O) groups excluding carboxylic acids is 1. The molecule has 0 saturated heterocycles. The fourth-order valence-electron chi connectivity index (χ4n) is 1.61. The van der Waals surface area contributed by atoms with E-state index in [2.05, 4.69) is 10.3 Å². The van der Waals surface area contributed by atoms with Gasteiger partial charge in [-0.3, -0.25) is 0 Å². The van der Waals surface area contributed by atoms with Crippen molar-refractivity contribution in [3.05, 3.63) is 35.5 Å². The van der Waals surface area contributed by atoms with Gasteiger partial charge in [0.15, 0.2) is 0 Å². The van der Waals surface area contributed by atoms with Crippen LogP contribution in [0.3, 0.4) is 0 Å². The summed E-state index contributed by atoms with van der Waals surface area (Å²) in [5.41, 5.74) is 0. The molecule has 0 aliphatic heterocycles. The zero-order valence-electron chi connectivity index (χ0n) is 12.4. The maximum atomic E-state index is 11.6. The molecule has 2 rings (SSSR count). The number of benzene rings is 1. The van der Waals surface area contributed by atoms with Crippen LogP contribution in [0.5, 0.6) is 5.88 Å². The number of aromatic nitrogens is 2. The second-order valence-electron chi connectivity index (χ2n) is 4.22. The summed E-state index contributed by atoms with van der Waals surface area (Å²) in [6.45, 7) is 1.78. The molecular weight excluding hydrogens is 342 g/mol. The highest BCUT2D eigenvalue weighted by atomic mass is 35.5. The third kappa shape index (κ3) is 4.40. The van der Waals surface area contributed by atoms with Crippen molar-refractivity contribution in [3.8, 4) is 5.88 Å². The summed E-state index contributed by atoms with van der Waals surface area (Å²) in [5.74, 6) is -1.17. The minimum Gasteiger partial charge on any atom is -0.459 e. The zero-order valence-corrected chi connectivity index (χ0v) is 14.0. The quantitative estimate of drug-likeness (QED) is 0.298. The molecule has 1 heterocycles. The van der Waals surface area contributed by atoms with Gasteiger partial charge in [0.1, 0.15) is 0 Å². The molecule has 7 nitrogen and oxygen atoms in total. The number of hydrogen-bond donors (Lipinski definition) is 1. The van der Waals surface area contributed by atoms with Crippen LogP contribution in [0, 0.1) is 0 Å². The van der Waals surface area contributed by atoms with Gasteiger partial charge >= 0.3 is 11.9 Å². The number of hydrogen-bond acceptors (Lipinski definition) is 7. The molecule has 122 valence electrons.